The Bertz CT molecular complexity index is 1320. The van der Waals surface area contributed by atoms with E-state index in [0.717, 1.165) is 5.56 Å². The number of Topliss-reactive ketones (excluding diaryl/α,β-unsaturated/α-hetero) is 3. The summed E-state index contributed by atoms with van der Waals surface area (Å²) in [7, 11) is 3.10. The van der Waals surface area contributed by atoms with E-state index in [1.165, 1.54) is 0 Å². The average Bonchev–Trinajstić information content (AvgIpc) is 2.92. The monoisotopic (exact) mass is 620 g/mol. The zero-order valence-corrected chi connectivity index (χ0v) is 27.2. The number of carbonyl (C=O) groups excluding carboxylic acids is 3. The highest BCUT2D eigenvalue weighted by molar-refractivity contribution is 6.32. The van der Waals surface area contributed by atoms with Gasteiger partial charge in [0.1, 0.15) is 17.3 Å². The van der Waals surface area contributed by atoms with Gasteiger partial charge in [0.2, 0.25) is 0 Å². The fourth-order valence-corrected chi connectivity index (χ4v) is 4.06. The van der Waals surface area contributed by atoms with E-state index in [-0.39, 0.29) is 35.1 Å². The Morgan fingerprint density at radius 2 is 1.27 bits per heavy atom. The van der Waals surface area contributed by atoms with E-state index in [9.17, 15) is 14.4 Å². The lowest BCUT2D eigenvalue weighted by Gasteiger charge is -2.07. The number of benzene rings is 3. The van der Waals surface area contributed by atoms with E-state index in [2.05, 4.69) is 0 Å². The van der Waals surface area contributed by atoms with Crippen LogP contribution in [0.1, 0.15) is 67.8 Å². The molecule has 0 aliphatic heterocycles. The van der Waals surface area contributed by atoms with Crippen molar-refractivity contribution in [3.8, 4) is 11.5 Å². The summed E-state index contributed by atoms with van der Waals surface area (Å²) >= 11 is 17.5. The lowest BCUT2D eigenvalue weighted by molar-refractivity contribution is -0.121. The van der Waals surface area contributed by atoms with Gasteiger partial charge in [-0.05, 0) is 54.1 Å². The standard InChI is InChI=1S/2C11H13ClO2.C11H13ClO/c1-7(2)11(13)8-4-9(12)6-10(5-8)14-3;1-7(2)11(13)8-4-5-10(14-3)9(12)6-8;1-8(2)11(13)7-9-4-3-5-10(12)6-9/h2*4-7H,1-3H3;3-6,8H,7H2,1-2H3. The zero-order valence-electron chi connectivity index (χ0n) is 24.9. The van der Waals surface area contributed by atoms with Gasteiger partial charge in [-0.25, -0.2) is 0 Å². The van der Waals surface area contributed by atoms with Crippen LogP contribution in [0.3, 0.4) is 0 Å². The molecule has 0 aliphatic rings. The van der Waals surface area contributed by atoms with Crippen molar-refractivity contribution in [2.75, 3.05) is 14.2 Å². The maximum Gasteiger partial charge on any atom is 0.165 e. The number of ether oxygens (including phenoxy) is 2. The Morgan fingerprint density at radius 1 is 0.659 bits per heavy atom. The van der Waals surface area contributed by atoms with Crippen molar-refractivity contribution in [2.45, 2.75) is 48.0 Å². The summed E-state index contributed by atoms with van der Waals surface area (Å²) in [6.07, 6.45) is 0.484. The number of hydrogen-bond donors (Lipinski definition) is 0. The topological polar surface area (TPSA) is 69.7 Å². The molecule has 5 nitrogen and oxygen atoms in total. The molecule has 3 aromatic carbocycles. The highest BCUT2D eigenvalue weighted by Gasteiger charge is 2.13. The third-order valence-corrected chi connectivity index (χ3v) is 6.54. The van der Waals surface area contributed by atoms with Gasteiger partial charge >= 0.3 is 0 Å². The molecule has 0 radical (unpaired) electrons. The van der Waals surface area contributed by atoms with E-state index >= 15 is 0 Å². The van der Waals surface area contributed by atoms with Crippen molar-refractivity contribution in [1.82, 2.24) is 0 Å². The Morgan fingerprint density at radius 3 is 1.76 bits per heavy atom. The van der Waals surface area contributed by atoms with Gasteiger partial charge in [0.25, 0.3) is 0 Å². The van der Waals surface area contributed by atoms with Gasteiger partial charge in [-0.3, -0.25) is 14.4 Å². The highest BCUT2D eigenvalue weighted by atomic mass is 35.5. The minimum Gasteiger partial charge on any atom is -0.497 e. The van der Waals surface area contributed by atoms with Crippen molar-refractivity contribution < 1.29 is 23.9 Å². The van der Waals surface area contributed by atoms with Crippen molar-refractivity contribution >= 4 is 52.2 Å². The molecule has 222 valence electrons. The van der Waals surface area contributed by atoms with Gasteiger partial charge < -0.3 is 9.47 Å². The first kappa shape index (κ1) is 36.2. The largest absolute Gasteiger partial charge is 0.497 e. The van der Waals surface area contributed by atoms with E-state index in [4.69, 9.17) is 44.3 Å². The highest BCUT2D eigenvalue weighted by Crippen LogP contribution is 2.26. The van der Waals surface area contributed by atoms with Gasteiger partial charge in [-0.2, -0.15) is 0 Å². The zero-order chi connectivity index (χ0) is 31.3. The van der Waals surface area contributed by atoms with Crippen molar-refractivity contribution in [3.63, 3.8) is 0 Å². The van der Waals surface area contributed by atoms with Crippen LogP contribution in [0.5, 0.6) is 11.5 Å². The summed E-state index contributed by atoms with van der Waals surface area (Å²) in [5.41, 5.74) is 2.22. The Balaban J connectivity index is 0.000000308. The minimum absolute atomic E-state index is 0.0144. The molecule has 0 N–H and O–H groups in total. The number of methoxy groups -OCH3 is 2. The molecule has 8 heteroatoms. The van der Waals surface area contributed by atoms with E-state index in [1.807, 2.05) is 65.8 Å². The summed E-state index contributed by atoms with van der Waals surface area (Å²) < 4.78 is 10.0. The smallest absolute Gasteiger partial charge is 0.165 e. The molecule has 0 atom stereocenters. The molecular formula is C33H39Cl3O5. The van der Waals surface area contributed by atoms with Gasteiger partial charge in [-0.15, -0.1) is 0 Å². The molecule has 0 aromatic heterocycles. The molecule has 0 heterocycles. The third-order valence-electron chi connectivity index (χ3n) is 5.79. The SMILES string of the molecule is CC(C)C(=O)Cc1cccc(Cl)c1.COc1cc(Cl)cc(C(=O)C(C)C)c1.COc1ccc(C(=O)C(C)C)cc1Cl. The summed E-state index contributed by atoms with van der Waals surface area (Å²) in [6.45, 7) is 11.3. The second-order valence-corrected chi connectivity index (χ2v) is 11.5. The van der Waals surface area contributed by atoms with Gasteiger partial charge in [0, 0.05) is 45.3 Å². The second-order valence-electron chi connectivity index (χ2n) is 10.2. The first-order valence-electron chi connectivity index (χ1n) is 13.2. The minimum atomic E-state index is -0.0295. The van der Waals surface area contributed by atoms with Crippen LogP contribution in [0.4, 0.5) is 0 Å². The maximum atomic E-state index is 11.7. The third kappa shape index (κ3) is 12.7. The van der Waals surface area contributed by atoms with Gasteiger partial charge in [0.15, 0.2) is 11.6 Å². The summed E-state index contributed by atoms with van der Waals surface area (Å²) in [5, 5.41) is 1.68. The van der Waals surface area contributed by atoms with Crippen molar-refractivity contribution in [1.29, 1.82) is 0 Å². The molecule has 0 amide bonds. The number of carbonyl (C=O) groups is 3. The van der Waals surface area contributed by atoms with Crippen LogP contribution in [0.2, 0.25) is 15.1 Å². The molecule has 0 fully saturated rings. The normalized spacial score (nSPS) is 10.4. The Hall–Kier alpha value is -2.86. The number of hydrogen-bond acceptors (Lipinski definition) is 5. The Labute approximate surface area is 259 Å². The predicted octanol–water partition coefficient (Wildman–Crippen LogP) is 9.48. The van der Waals surface area contributed by atoms with Crippen LogP contribution in [0.15, 0.2) is 60.7 Å². The van der Waals surface area contributed by atoms with E-state index < -0.39 is 0 Å². The molecule has 0 spiro atoms. The van der Waals surface area contributed by atoms with Gasteiger partial charge in [0.05, 0.1) is 19.2 Å². The molecule has 3 rings (SSSR count). The van der Waals surface area contributed by atoms with Crippen molar-refractivity contribution in [3.05, 3.63) is 92.4 Å². The molecule has 0 unspecified atom stereocenters. The predicted molar refractivity (Wildman–Crippen MR) is 169 cm³/mol. The summed E-state index contributed by atoms with van der Waals surface area (Å²) in [5.74, 6) is 1.67. The van der Waals surface area contributed by atoms with Crippen LogP contribution in [0.25, 0.3) is 0 Å². The molecule has 41 heavy (non-hydrogen) atoms. The number of halogens is 3. The molecule has 0 saturated heterocycles. The lowest BCUT2D eigenvalue weighted by atomic mass is 10.0. The summed E-state index contributed by atoms with van der Waals surface area (Å²) in [6, 6.07) is 17.6. The maximum absolute atomic E-state index is 11.7. The molecule has 0 saturated carbocycles. The van der Waals surface area contributed by atoms with Crippen LogP contribution in [-0.2, 0) is 11.2 Å². The quantitative estimate of drug-likeness (QED) is 0.223. The van der Waals surface area contributed by atoms with Gasteiger partial charge in [-0.1, -0.05) is 88.5 Å². The molecule has 0 aliphatic carbocycles. The van der Waals surface area contributed by atoms with Crippen LogP contribution < -0.4 is 9.47 Å². The first-order valence-corrected chi connectivity index (χ1v) is 14.4. The molecule has 3 aromatic rings. The van der Waals surface area contributed by atoms with E-state index in [1.54, 1.807) is 50.6 Å². The number of ketones is 3. The Kier molecular flexibility index (Phi) is 15.7. The summed E-state index contributed by atoms with van der Waals surface area (Å²) in [4.78, 5) is 34.6. The van der Waals surface area contributed by atoms with Crippen LogP contribution >= 0.6 is 34.8 Å². The van der Waals surface area contributed by atoms with Crippen molar-refractivity contribution in [2.24, 2.45) is 17.8 Å². The van der Waals surface area contributed by atoms with Crippen LogP contribution in [-0.4, -0.2) is 31.6 Å². The molecular weight excluding hydrogens is 583 g/mol. The second kappa shape index (κ2) is 17.8. The first-order chi connectivity index (χ1) is 19.2. The van der Waals surface area contributed by atoms with Crippen LogP contribution in [0, 0.1) is 17.8 Å². The molecule has 0 bridgehead atoms. The lowest BCUT2D eigenvalue weighted by Crippen LogP contribution is -2.09. The van der Waals surface area contributed by atoms with E-state index in [0.29, 0.717) is 44.1 Å². The number of rotatable bonds is 9. The average molecular weight is 622 g/mol. The fraction of sp³-hybridized carbons (Fsp3) is 0.364. The fourth-order valence-electron chi connectivity index (χ4n) is 3.36.